The predicted molar refractivity (Wildman–Crippen MR) is 170 cm³/mol. The predicted octanol–water partition coefficient (Wildman–Crippen LogP) is 6.50. The molecule has 0 saturated heterocycles. The Bertz CT molecular complexity index is 1500. The van der Waals surface area contributed by atoms with Crippen LogP contribution in [0.1, 0.15) is 43.2 Å². The van der Waals surface area contributed by atoms with Gasteiger partial charge in [-0.2, -0.15) is 0 Å². The largest absolute Gasteiger partial charge is 0.352 e. The van der Waals surface area contributed by atoms with Crippen LogP contribution in [0.3, 0.4) is 0 Å². The van der Waals surface area contributed by atoms with Crippen LogP contribution in [0.5, 0.6) is 0 Å². The first-order valence-electron chi connectivity index (χ1n) is 13.8. The molecular formula is C31H34Cl3N3O4S. The van der Waals surface area contributed by atoms with Gasteiger partial charge in [0.2, 0.25) is 21.8 Å². The quantitative estimate of drug-likeness (QED) is 0.257. The summed E-state index contributed by atoms with van der Waals surface area (Å²) in [7, 11) is -3.92. The van der Waals surface area contributed by atoms with E-state index in [2.05, 4.69) is 5.32 Å². The van der Waals surface area contributed by atoms with Crippen LogP contribution in [0.25, 0.3) is 0 Å². The maximum Gasteiger partial charge on any atom is 0.244 e. The van der Waals surface area contributed by atoms with Gasteiger partial charge < -0.3 is 10.2 Å². The number of amides is 2. The first-order chi connectivity index (χ1) is 20.0. The average molecular weight is 651 g/mol. The van der Waals surface area contributed by atoms with Gasteiger partial charge >= 0.3 is 0 Å². The average Bonchev–Trinajstić information content (AvgIpc) is 2.95. The second-order valence-corrected chi connectivity index (χ2v) is 13.7. The van der Waals surface area contributed by atoms with Crippen LogP contribution in [0.15, 0.2) is 72.8 Å². The second kappa shape index (κ2) is 14.6. The van der Waals surface area contributed by atoms with Crippen LogP contribution in [0.4, 0.5) is 5.69 Å². The van der Waals surface area contributed by atoms with E-state index in [4.69, 9.17) is 34.8 Å². The monoisotopic (exact) mass is 649 g/mol. The SMILES string of the molecule is CS(=O)(=O)N(CC(=O)N(Cc1cccc(Cl)c1)[C@@H](Cc1ccccc1)C(=O)NC1CCCCC1)c1ccc(Cl)c(Cl)c1. The molecule has 2 amide bonds. The van der Waals surface area contributed by atoms with Gasteiger partial charge in [-0.25, -0.2) is 8.42 Å². The summed E-state index contributed by atoms with van der Waals surface area (Å²) in [4.78, 5) is 29.6. The molecule has 0 aromatic heterocycles. The molecule has 1 fully saturated rings. The van der Waals surface area contributed by atoms with Crippen molar-refractivity contribution >= 4 is 62.3 Å². The van der Waals surface area contributed by atoms with Gasteiger partial charge in [0.25, 0.3) is 0 Å². The molecule has 224 valence electrons. The Hall–Kier alpha value is -2.78. The molecule has 0 spiro atoms. The summed E-state index contributed by atoms with van der Waals surface area (Å²) < 4.78 is 26.8. The number of nitrogens with one attached hydrogen (secondary N) is 1. The van der Waals surface area contributed by atoms with E-state index in [1.807, 2.05) is 36.4 Å². The van der Waals surface area contributed by atoms with Crippen molar-refractivity contribution in [2.24, 2.45) is 0 Å². The Balaban J connectivity index is 1.73. The topological polar surface area (TPSA) is 86.8 Å². The number of carbonyl (C=O) groups excluding carboxylic acids is 2. The van der Waals surface area contributed by atoms with Crippen molar-refractivity contribution < 1.29 is 18.0 Å². The summed E-state index contributed by atoms with van der Waals surface area (Å²) in [5.41, 5.74) is 1.77. The van der Waals surface area contributed by atoms with Crippen LogP contribution in [-0.4, -0.2) is 50.0 Å². The molecule has 1 saturated carbocycles. The molecule has 42 heavy (non-hydrogen) atoms. The first kappa shape index (κ1) is 32.1. The molecule has 0 heterocycles. The summed E-state index contributed by atoms with van der Waals surface area (Å²) >= 11 is 18.5. The number of rotatable bonds is 11. The second-order valence-electron chi connectivity index (χ2n) is 10.6. The first-order valence-corrected chi connectivity index (χ1v) is 16.8. The van der Waals surface area contributed by atoms with E-state index in [9.17, 15) is 18.0 Å². The minimum absolute atomic E-state index is 0.0244. The number of sulfonamides is 1. The number of carbonyl (C=O) groups is 2. The van der Waals surface area contributed by atoms with Gasteiger partial charge in [-0.3, -0.25) is 13.9 Å². The Morgan fingerprint density at radius 3 is 2.21 bits per heavy atom. The summed E-state index contributed by atoms with van der Waals surface area (Å²) in [6.45, 7) is -0.493. The Kier molecular flexibility index (Phi) is 11.2. The van der Waals surface area contributed by atoms with Gasteiger partial charge in [0.1, 0.15) is 12.6 Å². The number of halogens is 3. The lowest BCUT2D eigenvalue weighted by molar-refractivity contribution is -0.140. The third-order valence-corrected chi connectivity index (χ3v) is 9.45. The molecule has 1 atom stereocenters. The minimum atomic E-state index is -3.92. The third kappa shape index (κ3) is 8.86. The molecule has 11 heteroatoms. The molecule has 4 rings (SSSR count). The molecule has 1 N–H and O–H groups in total. The summed E-state index contributed by atoms with van der Waals surface area (Å²) in [6, 6.07) is 20.0. The smallest absolute Gasteiger partial charge is 0.244 e. The molecule has 3 aromatic carbocycles. The van der Waals surface area contributed by atoms with Gasteiger partial charge in [0, 0.05) is 24.0 Å². The Morgan fingerprint density at radius 1 is 0.881 bits per heavy atom. The summed E-state index contributed by atoms with van der Waals surface area (Å²) in [5, 5.41) is 4.07. The zero-order valence-electron chi connectivity index (χ0n) is 23.3. The van der Waals surface area contributed by atoms with Crippen LogP contribution in [0, 0.1) is 0 Å². The number of hydrogen-bond acceptors (Lipinski definition) is 4. The van der Waals surface area contributed by atoms with Crippen molar-refractivity contribution in [1.82, 2.24) is 10.2 Å². The molecule has 0 bridgehead atoms. The number of hydrogen-bond donors (Lipinski definition) is 1. The van der Waals surface area contributed by atoms with E-state index < -0.39 is 28.5 Å². The van der Waals surface area contributed by atoms with E-state index >= 15 is 0 Å². The van der Waals surface area contributed by atoms with Crippen molar-refractivity contribution in [3.8, 4) is 0 Å². The minimum Gasteiger partial charge on any atom is -0.352 e. The van der Waals surface area contributed by atoms with Crippen LogP contribution in [0.2, 0.25) is 15.1 Å². The molecule has 0 radical (unpaired) electrons. The van der Waals surface area contributed by atoms with Gasteiger partial charge in [0.15, 0.2) is 0 Å². The maximum absolute atomic E-state index is 14.2. The molecule has 3 aromatic rings. The zero-order valence-corrected chi connectivity index (χ0v) is 26.4. The lowest BCUT2D eigenvalue weighted by atomic mass is 9.94. The van der Waals surface area contributed by atoms with E-state index in [1.165, 1.54) is 23.1 Å². The maximum atomic E-state index is 14.2. The molecule has 7 nitrogen and oxygen atoms in total. The Morgan fingerprint density at radius 2 is 1.57 bits per heavy atom. The highest BCUT2D eigenvalue weighted by Crippen LogP contribution is 2.29. The molecular weight excluding hydrogens is 617 g/mol. The van der Waals surface area contributed by atoms with Crippen LogP contribution in [-0.2, 0) is 32.6 Å². The highest BCUT2D eigenvalue weighted by atomic mass is 35.5. The molecule has 1 aliphatic carbocycles. The van der Waals surface area contributed by atoms with E-state index in [1.54, 1.807) is 18.2 Å². The molecule has 1 aliphatic rings. The van der Waals surface area contributed by atoms with E-state index in [-0.39, 0.29) is 40.6 Å². The Labute approximate surface area is 262 Å². The lowest BCUT2D eigenvalue weighted by Gasteiger charge is -2.35. The van der Waals surface area contributed by atoms with E-state index in [0.717, 1.165) is 48.2 Å². The number of nitrogens with zero attached hydrogens (tertiary/aromatic N) is 2. The number of anilines is 1. The fraction of sp³-hybridized carbons (Fsp3) is 0.355. The van der Waals surface area contributed by atoms with Crippen LogP contribution < -0.4 is 9.62 Å². The highest BCUT2D eigenvalue weighted by molar-refractivity contribution is 7.92. The van der Waals surface area contributed by atoms with Gasteiger partial charge in [-0.15, -0.1) is 0 Å². The highest BCUT2D eigenvalue weighted by Gasteiger charge is 2.34. The van der Waals surface area contributed by atoms with Gasteiger partial charge in [-0.1, -0.05) is 96.5 Å². The number of benzene rings is 3. The van der Waals surface area contributed by atoms with E-state index in [0.29, 0.717) is 10.6 Å². The molecule has 0 unspecified atom stereocenters. The third-order valence-electron chi connectivity index (χ3n) is 7.33. The zero-order chi connectivity index (χ0) is 30.3. The van der Waals surface area contributed by atoms with Crippen molar-refractivity contribution in [3.63, 3.8) is 0 Å². The lowest BCUT2D eigenvalue weighted by Crippen LogP contribution is -2.55. The standard InChI is InChI=1S/C31H34Cl3N3O4S/c1-42(40,41)37(26-15-16-27(33)28(34)19-26)21-30(38)36(20-23-11-8-12-24(32)17-23)29(18-22-9-4-2-5-10-22)31(39)35-25-13-6-3-7-14-25/h2,4-5,8-12,15-17,19,25,29H,3,6-7,13-14,18,20-21H2,1H3,(H,35,39)/t29-/m0/s1. The summed E-state index contributed by atoms with van der Waals surface area (Å²) in [5.74, 6) is -0.826. The van der Waals surface area contributed by atoms with Crippen molar-refractivity contribution in [3.05, 3.63) is 99.0 Å². The fourth-order valence-electron chi connectivity index (χ4n) is 5.18. The molecule has 0 aliphatic heterocycles. The van der Waals surface area contributed by atoms with Crippen molar-refractivity contribution in [2.75, 3.05) is 17.1 Å². The van der Waals surface area contributed by atoms with Crippen molar-refractivity contribution in [2.45, 2.75) is 57.2 Å². The van der Waals surface area contributed by atoms with Crippen LogP contribution >= 0.6 is 34.8 Å². The summed E-state index contributed by atoms with van der Waals surface area (Å²) in [6.07, 6.45) is 6.23. The van der Waals surface area contributed by atoms with Gasteiger partial charge in [0.05, 0.1) is 22.0 Å². The van der Waals surface area contributed by atoms with Gasteiger partial charge in [-0.05, 0) is 54.3 Å². The fourth-order valence-corrected chi connectivity index (χ4v) is 6.53. The van der Waals surface area contributed by atoms with Crippen molar-refractivity contribution in [1.29, 1.82) is 0 Å². The normalized spacial score (nSPS) is 14.7.